The second-order valence-corrected chi connectivity index (χ2v) is 4.92. The molecular weight excluding hydrogens is 226 g/mol. The van der Waals surface area contributed by atoms with Gasteiger partial charge in [0.15, 0.2) is 5.65 Å². The molecule has 0 radical (unpaired) electrons. The van der Waals surface area contributed by atoms with Crippen molar-refractivity contribution in [3.63, 3.8) is 0 Å². The molecule has 3 aromatic rings. The highest BCUT2D eigenvalue weighted by Crippen LogP contribution is 2.32. The van der Waals surface area contributed by atoms with E-state index >= 15 is 0 Å². The lowest BCUT2D eigenvalue weighted by Gasteiger charge is -2.21. The van der Waals surface area contributed by atoms with E-state index in [1.54, 1.807) is 0 Å². The molecule has 18 heavy (non-hydrogen) atoms. The van der Waals surface area contributed by atoms with Crippen LogP contribution in [0.4, 0.5) is 0 Å². The minimum Gasteiger partial charge on any atom is -0.317 e. The molecule has 0 amide bonds. The average Bonchev–Trinajstić information content (AvgIpc) is 3.05. The molecule has 4 heterocycles. The molecule has 0 spiro atoms. The lowest BCUT2D eigenvalue weighted by Crippen LogP contribution is -2.26. The van der Waals surface area contributed by atoms with E-state index in [4.69, 9.17) is 0 Å². The van der Waals surface area contributed by atoms with Crippen molar-refractivity contribution in [3.8, 4) is 0 Å². The topological polar surface area (TPSA) is 69.4 Å². The minimum atomic E-state index is 0.598. The van der Waals surface area contributed by atoms with Gasteiger partial charge in [-0.3, -0.25) is 5.10 Å². The Morgan fingerprint density at radius 2 is 2.00 bits per heavy atom. The molecule has 1 fully saturated rings. The van der Waals surface area contributed by atoms with Gasteiger partial charge in [-0.1, -0.05) is 0 Å². The van der Waals surface area contributed by atoms with E-state index in [1.165, 1.54) is 23.9 Å². The number of H-pyrrole nitrogens is 2. The van der Waals surface area contributed by atoms with Gasteiger partial charge in [-0.05, 0) is 32.0 Å². The molecule has 3 aromatic heterocycles. The summed E-state index contributed by atoms with van der Waals surface area (Å²) < 4.78 is 0. The summed E-state index contributed by atoms with van der Waals surface area (Å²) in [5, 5.41) is 12.4. The summed E-state index contributed by atoms with van der Waals surface area (Å²) in [5.74, 6) is 0.598. The van der Waals surface area contributed by atoms with E-state index < -0.39 is 0 Å². The van der Waals surface area contributed by atoms with Gasteiger partial charge in [0.05, 0.1) is 11.7 Å². The van der Waals surface area contributed by atoms with Gasteiger partial charge in [0.25, 0.3) is 0 Å². The average molecular weight is 241 g/mol. The molecule has 4 rings (SSSR count). The van der Waals surface area contributed by atoms with Gasteiger partial charge in [0.2, 0.25) is 0 Å². The number of aromatic nitrogens is 4. The molecule has 0 unspecified atom stereocenters. The predicted octanol–water partition coefficient (Wildman–Crippen LogP) is 1.91. The van der Waals surface area contributed by atoms with Crippen LogP contribution in [0, 0.1) is 0 Å². The maximum absolute atomic E-state index is 4.35. The molecule has 0 aliphatic carbocycles. The Labute approximate surface area is 104 Å². The minimum absolute atomic E-state index is 0.598. The summed E-state index contributed by atoms with van der Waals surface area (Å²) >= 11 is 0. The first-order valence-corrected chi connectivity index (χ1v) is 6.44. The number of piperidine rings is 1. The monoisotopic (exact) mass is 241 g/mol. The van der Waals surface area contributed by atoms with Crippen LogP contribution in [0.2, 0.25) is 0 Å². The number of nitrogens with one attached hydrogen (secondary N) is 3. The molecule has 0 saturated carbocycles. The highest BCUT2D eigenvalue weighted by atomic mass is 15.1. The van der Waals surface area contributed by atoms with Crippen LogP contribution in [0.3, 0.4) is 0 Å². The Kier molecular flexibility index (Phi) is 2.14. The van der Waals surface area contributed by atoms with Crippen LogP contribution in [0.25, 0.3) is 21.9 Å². The van der Waals surface area contributed by atoms with Crippen molar-refractivity contribution in [2.24, 2.45) is 0 Å². The summed E-state index contributed by atoms with van der Waals surface area (Å²) in [6.07, 6.45) is 6.06. The Balaban J connectivity index is 1.96. The maximum Gasteiger partial charge on any atom is 0.159 e. The molecule has 3 N–H and O–H groups in total. The summed E-state index contributed by atoms with van der Waals surface area (Å²) in [5.41, 5.74) is 3.22. The molecule has 0 aromatic carbocycles. The van der Waals surface area contributed by atoms with E-state index in [0.717, 1.165) is 29.6 Å². The van der Waals surface area contributed by atoms with Crippen molar-refractivity contribution in [3.05, 3.63) is 24.2 Å². The van der Waals surface area contributed by atoms with E-state index in [0.29, 0.717) is 5.92 Å². The zero-order valence-electron chi connectivity index (χ0n) is 10.0. The van der Waals surface area contributed by atoms with E-state index in [9.17, 15) is 0 Å². The van der Waals surface area contributed by atoms with Gasteiger partial charge in [-0.15, -0.1) is 0 Å². The second kappa shape index (κ2) is 3.81. The first kappa shape index (κ1) is 10.1. The van der Waals surface area contributed by atoms with Crippen LogP contribution in [0.15, 0.2) is 18.5 Å². The lowest BCUT2D eigenvalue weighted by atomic mass is 9.92. The largest absolute Gasteiger partial charge is 0.317 e. The Morgan fingerprint density at radius 3 is 2.89 bits per heavy atom. The molecular formula is C13H15N5. The smallest absolute Gasteiger partial charge is 0.159 e. The number of pyridine rings is 1. The quantitative estimate of drug-likeness (QED) is 0.609. The number of nitrogens with zero attached hydrogens (tertiary/aromatic N) is 2. The maximum atomic E-state index is 4.35. The lowest BCUT2D eigenvalue weighted by molar-refractivity contribution is 0.455. The standard InChI is InChI=1S/C13H15N5/c1-4-14-5-2-8(1)12-11-9-3-6-15-13(9)16-7-10(11)17-18-12/h3,6-8,14,17-18H,1-2,4-5H2. The SMILES string of the molecule is c1cc2c(n1)ncc1[nH][nH]c(C3CCNCC3)c12. The molecule has 0 atom stereocenters. The van der Waals surface area contributed by atoms with Crippen LogP contribution in [0.5, 0.6) is 0 Å². The summed E-state index contributed by atoms with van der Waals surface area (Å²) in [6, 6.07) is 2.05. The van der Waals surface area contributed by atoms with Gasteiger partial charge in [-0.25, -0.2) is 9.97 Å². The van der Waals surface area contributed by atoms with Crippen LogP contribution >= 0.6 is 0 Å². The fraction of sp³-hybridized carbons (Fsp3) is 0.385. The Bertz CT molecular complexity index is 690. The van der Waals surface area contributed by atoms with Crippen molar-refractivity contribution in [2.75, 3.05) is 13.1 Å². The molecule has 5 heteroatoms. The van der Waals surface area contributed by atoms with E-state index in [2.05, 4.69) is 31.5 Å². The molecule has 1 saturated heterocycles. The van der Waals surface area contributed by atoms with Crippen molar-refractivity contribution in [1.82, 2.24) is 25.5 Å². The highest BCUT2D eigenvalue weighted by Gasteiger charge is 2.20. The van der Waals surface area contributed by atoms with Crippen LogP contribution in [-0.2, 0) is 0 Å². The third-order valence-electron chi connectivity index (χ3n) is 3.88. The summed E-state index contributed by atoms with van der Waals surface area (Å²) in [4.78, 5) is 8.64. The predicted molar refractivity (Wildman–Crippen MR) is 70.6 cm³/mol. The van der Waals surface area contributed by atoms with Gasteiger partial charge >= 0.3 is 0 Å². The molecule has 92 valence electrons. The third kappa shape index (κ3) is 1.37. The van der Waals surface area contributed by atoms with Crippen molar-refractivity contribution in [1.29, 1.82) is 0 Å². The molecule has 0 bridgehead atoms. The Morgan fingerprint density at radius 1 is 1.11 bits per heavy atom. The summed E-state index contributed by atoms with van der Waals surface area (Å²) in [7, 11) is 0. The molecule has 1 aliphatic heterocycles. The van der Waals surface area contributed by atoms with Gasteiger partial charge in [0, 0.05) is 28.6 Å². The zero-order valence-corrected chi connectivity index (χ0v) is 10.0. The first-order chi connectivity index (χ1) is 8.93. The first-order valence-electron chi connectivity index (χ1n) is 6.44. The van der Waals surface area contributed by atoms with E-state index in [-0.39, 0.29) is 0 Å². The highest BCUT2D eigenvalue weighted by molar-refractivity contribution is 6.04. The fourth-order valence-corrected chi connectivity index (χ4v) is 2.96. The summed E-state index contributed by atoms with van der Waals surface area (Å²) in [6.45, 7) is 2.19. The Hall–Kier alpha value is -1.88. The fourth-order valence-electron chi connectivity index (χ4n) is 2.96. The van der Waals surface area contributed by atoms with Crippen molar-refractivity contribution in [2.45, 2.75) is 18.8 Å². The number of aromatic amines is 2. The normalized spacial score (nSPS) is 17.8. The molecule has 1 aliphatic rings. The second-order valence-electron chi connectivity index (χ2n) is 4.92. The van der Waals surface area contributed by atoms with Crippen molar-refractivity contribution >= 4 is 21.9 Å². The molecule has 5 nitrogen and oxygen atoms in total. The van der Waals surface area contributed by atoms with Crippen LogP contribution < -0.4 is 5.32 Å². The number of hydrogen-bond donors (Lipinski definition) is 3. The third-order valence-corrected chi connectivity index (χ3v) is 3.88. The number of fused-ring (bicyclic) bond motifs is 3. The van der Waals surface area contributed by atoms with Crippen LogP contribution in [-0.4, -0.2) is 33.3 Å². The van der Waals surface area contributed by atoms with Gasteiger partial charge in [0.1, 0.15) is 0 Å². The van der Waals surface area contributed by atoms with Crippen molar-refractivity contribution < 1.29 is 0 Å². The van der Waals surface area contributed by atoms with Crippen LogP contribution in [0.1, 0.15) is 24.5 Å². The van der Waals surface area contributed by atoms with Gasteiger partial charge in [-0.2, -0.15) is 0 Å². The number of rotatable bonds is 1. The zero-order chi connectivity index (χ0) is 11.9. The van der Waals surface area contributed by atoms with Gasteiger partial charge < -0.3 is 10.4 Å². The number of hydrogen-bond acceptors (Lipinski definition) is 3. The van der Waals surface area contributed by atoms with E-state index in [1.807, 2.05) is 12.4 Å².